The highest BCUT2D eigenvalue weighted by molar-refractivity contribution is 8.76. The lowest BCUT2D eigenvalue weighted by atomic mass is 10.5. The van der Waals surface area contributed by atoms with Crippen molar-refractivity contribution in [1.29, 1.82) is 0 Å². The normalized spacial score (nSPS) is 9.50. The molecule has 1 aromatic heterocycles. The lowest BCUT2D eigenvalue weighted by molar-refractivity contribution is 0.159. The number of aromatic nitrogens is 1. The minimum atomic E-state index is -0.515. The first kappa shape index (κ1) is 13.3. The molecule has 0 atom stereocenters. The van der Waals surface area contributed by atoms with E-state index in [1.807, 2.05) is 18.2 Å². The molecule has 1 heterocycles. The molecule has 0 aliphatic carbocycles. The van der Waals surface area contributed by atoms with Gasteiger partial charge in [0, 0.05) is 11.9 Å². The number of rotatable bonds is 6. The van der Waals surface area contributed by atoms with Crippen molar-refractivity contribution in [2.45, 2.75) is 5.03 Å². The summed E-state index contributed by atoms with van der Waals surface area (Å²) in [6.45, 7) is 0.347. The molecule has 1 amide bonds. The van der Waals surface area contributed by atoms with Gasteiger partial charge in [-0.25, -0.2) is 9.78 Å². The number of ether oxygens (including phenoxy) is 1. The summed E-state index contributed by atoms with van der Waals surface area (Å²) in [5.41, 5.74) is 1.12. The van der Waals surface area contributed by atoms with Crippen molar-refractivity contribution < 1.29 is 9.53 Å². The highest BCUT2D eigenvalue weighted by atomic mass is 33.1. The summed E-state index contributed by atoms with van der Waals surface area (Å²) in [4.78, 5) is 15.0. The first-order valence-corrected chi connectivity index (χ1v) is 7.19. The third-order valence-corrected chi connectivity index (χ3v) is 3.71. The first-order chi connectivity index (χ1) is 7.83. The number of thiocarbonyl (C=S) groups is 1. The van der Waals surface area contributed by atoms with Crippen molar-refractivity contribution in [1.82, 2.24) is 10.3 Å². The molecule has 1 aromatic rings. The third kappa shape index (κ3) is 5.94. The monoisotopic (exact) mass is 274 g/mol. The molecule has 0 aromatic carbocycles. The van der Waals surface area contributed by atoms with Gasteiger partial charge in [0.05, 0.1) is 5.49 Å². The Labute approximate surface area is 107 Å². The van der Waals surface area contributed by atoms with E-state index >= 15 is 0 Å². The Morgan fingerprint density at radius 3 is 3.19 bits per heavy atom. The largest absolute Gasteiger partial charge is 0.448 e. The first-order valence-electron chi connectivity index (χ1n) is 4.40. The van der Waals surface area contributed by atoms with Gasteiger partial charge < -0.3 is 4.74 Å². The second kappa shape index (κ2) is 8.37. The molecule has 0 aliphatic rings. The predicted molar refractivity (Wildman–Crippen MR) is 70.7 cm³/mol. The van der Waals surface area contributed by atoms with Crippen LogP contribution in [0, 0.1) is 0 Å². The van der Waals surface area contributed by atoms with E-state index in [4.69, 9.17) is 4.74 Å². The number of amides is 1. The maximum absolute atomic E-state index is 10.8. The zero-order valence-corrected chi connectivity index (χ0v) is 10.7. The van der Waals surface area contributed by atoms with Crippen LogP contribution in [0.4, 0.5) is 4.79 Å². The van der Waals surface area contributed by atoms with Crippen LogP contribution in [-0.2, 0) is 4.74 Å². The van der Waals surface area contributed by atoms with E-state index < -0.39 is 6.09 Å². The highest BCUT2D eigenvalue weighted by Gasteiger charge is 1.99. The van der Waals surface area contributed by atoms with Gasteiger partial charge >= 0.3 is 6.09 Å². The summed E-state index contributed by atoms with van der Waals surface area (Å²) < 4.78 is 4.82. The minimum Gasteiger partial charge on any atom is -0.448 e. The summed E-state index contributed by atoms with van der Waals surface area (Å²) in [6, 6.07) is 5.73. The molecule has 0 saturated heterocycles. The Bertz CT molecular complexity index is 335. The Balaban J connectivity index is 2.04. The number of pyridine rings is 1. The highest BCUT2D eigenvalue weighted by Crippen LogP contribution is 2.28. The summed E-state index contributed by atoms with van der Waals surface area (Å²) in [7, 11) is 3.13. The summed E-state index contributed by atoms with van der Waals surface area (Å²) in [5.74, 6) is 0.700. The zero-order chi connectivity index (χ0) is 11.6. The lowest BCUT2D eigenvalue weighted by Gasteiger charge is -2.02. The molecule has 86 valence electrons. The van der Waals surface area contributed by atoms with Crippen molar-refractivity contribution in [3.63, 3.8) is 0 Å². The number of hydrogen-bond donors (Lipinski definition) is 1. The maximum atomic E-state index is 10.8. The molecule has 0 fully saturated rings. The SMILES string of the molecule is O=C(NC=S)OCCSSc1ccccn1. The molecular formula is C9H10N2O2S3. The molecule has 0 aliphatic heterocycles. The fraction of sp³-hybridized carbons (Fsp3) is 0.222. The van der Waals surface area contributed by atoms with Crippen LogP contribution in [-0.4, -0.2) is 28.9 Å². The van der Waals surface area contributed by atoms with Crippen LogP contribution >= 0.6 is 33.8 Å². The topological polar surface area (TPSA) is 51.2 Å². The molecule has 0 unspecified atom stereocenters. The van der Waals surface area contributed by atoms with Crippen LogP contribution in [0.25, 0.3) is 0 Å². The number of alkyl carbamates (subject to hydrolysis) is 1. The van der Waals surface area contributed by atoms with E-state index in [2.05, 4.69) is 22.5 Å². The van der Waals surface area contributed by atoms with Crippen LogP contribution in [0.1, 0.15) is 0 Å². The maximum Gasteiger partial charge on any atom is 0.411 e. The molecule has 1 N–H and O–H groups in total. The van der Waals surface area contributed by atoms with Gasteiger partial charge in [0.2, 0.25) is 0 Å². The number of hydrogen-bond acceptors (Lipinski definition) is 6. The molecule has 1 rings (SSSR count). The smallest absolute Gasteiger partial charge is 0.411 e. The summed E-state index contributed by atoms with van der Waals surface area (Å²) >= 11 is 4.44. The number of carbonyl (C=O) groups is 1. The third-order valence-electron chi connectivity index (χ3n) is 1.36. The number of carbonyl (C=O) groups excluding carboxylic acids is 1. The van der Waals surface area contributed by atoms with Crippen molar-refractivity contribution in [2.75, 3.05) is 12.4 Å². The zero-order valence-electron chi connectivity index (χ0n) is 8.29. The van der Waals surface area contributed by atoms with Gasteiger partial charge in [-0.1, -0.05) is 29.1 Å². The Morgan fingerprint density at radius 2 is 2.50 bits per heavy atom. The van der Waals surface area contributed by atoms with Crippen LogP contribution in [0.15, 0.2) is 29.4 Å². The molecule has 0 bridgehead atoms. The molecule has 0 spiro atoms. The lowest BCUT2D eigenvalue weighted by Crippen LogP contribution is -2.22. The second-order valence-electron chi connectivity index (χ2n) is 2.47. The standard InChI is InChI=1S/C9H10N2O2S3/c12-9(11-7-14)13-5-6-15-16-8-3-1-2-4-10-8/h1-4,7H,5-6H2,(H,11,12,14). The molecule has 0 saturated carbocycles. The van der Waals surface area contributed by atoms with E-state index in [0.29, 0.717) is 12.4 Å². The van der Waals surface area contributed by atoms with Crippen LogP contribution in [0.2, 0.25) is 0 Å². The van der Waals surface area contributed by atoms with Crippen molar-refractivity contribution in [3.05, 3.63) is 24.4 Å². The van der Waals surface area contributed by atoms with Crippen LogP contribution < -0.4 is 5.32 Å². The minimum absolute atomic E-state index is 0.347. The summed E-state index contributed by atoms with van der Waals surface area (Å²) in [6.07, 6.45) is 1.23. The second-order valence-corrected chi connectivity index (χ2v) is 5.14. The van der Waals surface area contributed by atoms with Crippen molar-refractivity contribution in [3.8, 4) is 0 Å². The van der Waals surface area contributed by atoms with Gasteiger partial charge in [0.25, 0.3) is 0 Å². The average Bonchev–Trinajstić information content (AvgIpc) is 2.30. The van der Waals surface area contributed by atoms with E-state index in [0.717, 1.165) is 10.5 Å². The molecule has 4 nitrogen and oxygen atoms in total. The Kier molecular flexibility index (Phi) is 6.95. The Hall–Kier alpha value is -0.790. The summed E-state index contributed by atoms with van der Waals surface area (Å²) in [5, 5.41) is 3.19. The Morgan fingerprint density at radius 1 is 1.62 bits per heavy atom. The van der Waals surface area contributed by atoms with Crippen LogP contribution in [0.5, 0.6) is 0 Å². The number of nitrogens with one attached hydrogen (secondary N) is 1. The molecule has 16 heavy (non-hydrogen) atoms. The predicted octanol–water partition coefficient (Wildman–Crippen LogP) is 2.51. The van der Waals surface area contributed by atoms with Gasteiger partial charge in [0.1, 0.15) is 11.6 Å². The fourth-order valence-corrected chi connectivity index (χ4v) is 2.56. The van der Waals surface area contributed by atoms with E-state index in [-0.39, 0.29) is 0 Å². The quantitative estimate of drug-likeness (QED) is 0.489. The average molecular weight is 274 g/mol. The van der Waals surface area contributed by atoms with Gasteiger partial charge in [-0.3, -0.25) is 5.32 Å². The molecule has 7 heteroatoms. The van der Waals surface area contributed by atoms with E-state index in [1.54, 1.807) is 27.8 Å². The van der Waals surface area contributed by atoms with Gasteiger partial charge in [0.15, 0.2) is 0 Å². The van der Waals surface area contributed by atoms with Crippen molar-refractivity contribution >= 4 is 45.4 Å². The molecular weight excluding hydrogens is 264 g/mol. The van der Waals surface area contributed by atoms with Gasteiger partial charge in [-0.2, -0.15) is 0 Å². The fourth-order valence-electron chi connectivity index (χ4n) is 0.757. The van der Waals surface area contributed by atoms with E-state index in [1.165, 1.54) is 0 Å². The number of nitrogens with zero attached hydrogens (tertiary/aromatic N) is 1. The van der Waals surface area contributed by atoms with E-state index in [9.17, 15) is 4.79 Å². The van der Waals surface area contributed by atoms with Crippen LogP contribution in [0.3, 0.4) is 0 Å². The molecule has 0 radical (unpaired) electrons. The van der Waals surface area contributed by atoms with Crippen molar-refractivity contribution in [2.24, 2.45) is 0 Å². The van der Waals surface area contributed by atoms with Gasteiger partial charge in [-0.15, -0.1) is 0 Å². The van der Waals surface area contributed by atoms with Gasteiger partial charge in [-0.05, 0) is 22.9 Å².